The molecule has 18 heavy (non-hydrogen) atoms. The molecule has 1 amide bonds. The van der Waals surface area contributed by atoms with Gasteiger partial charge in [0.25, 0.3) is 5.91 Å². The number of nitrogens with one attached hydrogen (secondary N) is 2. The molecule has 0 heterocycles. The summed E-state index contributed by atoms with van der Waals surface area (Å²) in [5.41, 5.74) is 0. The zero-order valence-corrected chi connectivity index (χ0v) is 10.4. The number of aliphatic hydroxyl groups excluding tert-OH is 1. The number of aliphatic hydroxyl groups is 1. The Labute approximate surface area is 107 Å². The third kappa shape index (κ3) is 4.71. The quantitative estimate of drug-likeness (QED) is 0.475. The fraction of sp³-hybridized carbons (Fsp3) is 0.778. The summed E-state index contributed by atoms with van der Waals surface area (Å²) in [4.78, 5) is 23.2. The van der Waals surface area contributed by atoms with Crippen molar-refractivity contribution in [2.24, 2.45) is 0 Å². The van der Waals surface area contributed by atoms with Crippen LogP contribution in [0.15, 0.2) is 0 Å². The summed E-state index contributed by atoms with van der Waals surface area (Å²) in [7, 11) is 0. The van der Waals surface area contributed by atoms with Crippen LogP contribution in [-0.2, 0) is 9.59 Å². The van der Waals surface area contributed by atoms with Gasteiger partial charge in [0, 0.05) is 0 Å². The zero-order valence-electron chi connectivity index (χ0n) is 9.62. The van der Waals surface area contributed by atoms with E-state index in [0.29, 0.717) is 6.42 Å². The Hall–Kier alpha value is -0.990. The van der Waals surface area contributed by atoms with Gasteiger partial charge in [-0.3, -0.25) is 9.59 Å². The Morgan fingerprint density at radius 3 is 2.39 bits per heavy atom. The lowest BCUT2D eigenvalue weighted by atomic mass is 10.0. The highest BCUT2D eigenvalue weighted by Crippen LogP contribution is 2.23. The van der Waals surface area contributed by atoms with Crippen molar-refractivity contribution < 1.29 is 28.6 Å². The normalized spacial score (nSPS) is 14.9. The summed E-state index contributed by atoms with van der Waals surface area (Å²) < 4.78 is 26.9. The van der Waals surface area contributed by atoms with Crippen LogP contribution in [0.5, 0.6) is 0 Å². The number of carbonyl (C=O) groups is 2. The molecule has 0 spiro atoms. The molecule has 1 unspecified atom stereocenters. The Balaban J connectivity index is 4.66. The predicted octanol–water partition coefficient (Wildman–Crippen LogP) is 0.0955. The van der Waals surface area contributed by atoms with Gasteiger partial charge in [-0.1, -0.05) is 13.3 Å². The van der Waals surface area contributed by atoms with Crippen LogP contribution in [0.4, 0.5) is 8.78 Å². The average molecular weight is 289 g/mol. The number of rotatable bonds is 8. The van der Waals surface area contributed by atoms with Gasteiger partial charge in [0.15, 0.2) is 0 Å². The van der Waals surface area contributed by atoms with Gasteiger partial charge in [-0.2, -0.15) is 8.78 Å². The fourth-order valence-electron chi connectivity index (χ4n) is 1.24. The van der Waals surface area contributed by atoms with Gasteiger partial charge >= 0.3 is 11.9 Å². The maximum absolute atomic E-state index is 13.5. The summed E-state index contributed by atoms with van der Waals surface area (Å²) in [5, 5.41) is 19.2. The first-order valence-electron chi connectivity index (χ1n) is 5.19. The molecule has 0 saturated carbocycles. The third-order valence-electron chi connectivity index (χ3n) is 2.20. The maximum Gasteiger partial charge on any atom is 0.351 e. The molecule has 0 rings (SSSR count). The van der Waals surface area contributed by atoms with Gasteiger partial charge in [0.1, 0.15) is 12.6 Å². The molecule has 0 radical (unpaired) electrons. The molecule has 2 atom stereocenters. The largest absolute Gasteiger partial charge is 0.480 e. The standard InChI is InChI=1S/C9H15ClF2N2O4/c1-2-3-5(14-10)7(17)9(11,12)8(18)13-4-6(15)16/h5,7,14,17H,2-4H2,1H3,(H,13,18)(H,15,16)/t5-,7?/m0/s1. The lowest BCUT2D eigenvalue weighted by Crippen LogP contribution is -2.55. The molecule has 0 aliphatic heterocycles. The topological polar surface area (TPSA) is 98.7 Å². The fourth-order valence-corrected chi connectivity index (χ4v) is 1.47. The van der Waals surface area contributed by atoms with Crippen LogP contribution >= 0.6 is 11.8 Å². The number of amides is 1. The van der Waals surface area contributed by atoms with E-state index >= 15 is 0 Å². The minimum atomic E-state index is -4.13. The molecule has 0 fully saturated rings. The average Bonchev–Trinajstić information content (AvgIpc) is 2.31. The predicted molar refractivity (Wildman–Crippen MR) is 59.3 cm³/mol. The van der Waals surface area contributed by atoms with E-state index in [9.17, 15) is 23.5 Å². The number of hydrogen-bond donors (Lipinski definition) is 4. The molecule has 0 bridgehead atoms. The van der Waals surface area contributed by atoms with Crippen molar-refractivity contribution in [2.75, 3.05) is 6.54 Å². The van der Waals surface area contributed by atoms with Crippen LogP contribution in [0, 0.1) is 0 Å². The Morgan fingerprint density at radius 2 is 2.00 bits per heavy atom. The van der Waals surface area contributed by atoms with E-state index in [4.69, 9.17) is 16.9 Å². The highest BCUT2D eigenvalue weighted by molar-refractivity contribution is 6.13. The monoisotopic (exact) mass is 288 g/mol. The number of carbonyl (C=O) groups excluding carboxylic acids is 1. The highest BCUT2D eigenvalue weighted by atomic mass is 35.5. The smallest absolute Gasteiger partial charge is 0.351 e. The highest BCUT2D eigenvalue weighted by Gasteiger charge is 2.49. The number of alkyl halides is 2. The maximum atomic E-state index is 13.5. The summed E-state index contributed by atoms with van der Waals surface area (Å²) in [6.45, 7) is 0.741. The minimum absolute atomic E-state index is 0.131. The Morgan fingerprint density at radius 1 is 1.44 bits per heavy atom. The van der Waals surface area contributed by atoms with Crippen molar-refractivity contribution in [3.63, 3.8) is 0 Å². The molecule has 0 aromatic rings. The van der Waals surface area contributed by atoms with Gasteiger partial charge in [0.05, 0.1) is 6.04 Å². The molecule has 4 N–H and O–H groups in total. The first kappa shape index (κ1) is 17.0. The second-order valence-corrected chi connectivity index (χ2v) is 3.87. The van der Waals surface area contributed by atoms with E-state index in [1.54, 1.807) is 6.92 Å². The molecule has 0 aliphatic carbocycles. The number of aliphatic carboxylic acids is 1. The van der Waals surface area contributed by atoms with Crippen molar-refractivity contribution in [3.05, 3.63) is 0 Å². The molecular weight excluding hydrogens is 274 g/mol. The SMILES string of the molecule is CCC[C@H](NCl)C(O)C(F)(F)C(=O)NCC(=O)O. The molecule has 9 heteroatoms. The number of carboxylic acids is 1. The second-order valence-electron chi connectivity index (χ2n) is 3.65. The van der Waals surface area contributed by atoms with E-state index < -0.39 is 36.5 Å². The Bertz CT molecular complexity index is 304. The van der Waals surface area contributed by atoms with Gasteiger partial charge in [0.2, 0.25) is 0 Å². The molecule has 6 nitrogen and oxygen atoms in total. The van der Waals surface area contributed by atoms with Crippen molar-refractivity contribution in [1.29, 1.82) is 0 Å². The third-order valence-corrected chi connectivity index (χ3v) is 2.48. The van der Waals surface area contributed by atoms with Crippen LogP contribution in [0.25, 0.3) is 0 Å². The number of halogens is 3. The van der Waals surface area contributed by atoms with Crippen molar-refractivity contribution in [1.82, 2.24) is 10.2 Å². The molecule has 0 aromatic heterocycles. The summed E-state index contributed by atoms with van der Waals surface area (Å²) in [6.07, 6.45) is -1.75. The molecule has 0 aliphatic rings. The first-order chi connectivity index (χ1) is 8.27. The van der Waals surface area contributed by atoms with Crippen molar-refractivity contribution >= 4 is 23.7 Å². The zero-order chi connectivity index (χ0) is 14.3. The van der Waals surface area contributed by atoms with Crippen molar-refractivity contribution in [3.8, 4) is 0 Å². The first-order valence-corrected chi connectivity index (χ1v) is 5.57. The molecule has 0 aromatic carbocycles. The number of hydrogen-bond acceptors (Lipinski definition) is 4. The second kappa shape index (κ2) is 7.45. The van der Waals surface area contributed by atoms with Gasteiger partial charge in [-0.15, -0.1) is 0 Å². The van der Waals surface area contributed by atoms with Crippen LogP contribution in [-0.4, -0.2) is 46.7 Å². The minimum Gasteiger partial charge on any atom is -0.480 e. The molecule has 0 saturated heterocycles. The van der Waals surface area contributed by atoms with E-state index in [0.717, 1.165) is 0 Å². The lowest BCUT2D eigenvalue weighted by Gasteiger charge is -2.27. The van der Waals surface area contributed by atoms with Gasteiger partial charge in [-0.05, 0) is 18.2 Å². The van der Waals surface area contributed by atoms with Gasteiger partial charge in [-0.25, -0.2) is 4.84 Å². The van der Waals surface area contributed by atoms with Crippen molar-refractivity contribution in [2.45, 2.75) is 37.8 Å². The van der Waals surface area contributed by atoms with E-state index in [-0.39, 0.29) is 6.42 Å². The van der Waals surface area contributed by atoms with Crippen LogP contribution in [0.2, 0.25) is 0 Å². The summed E-state index contributed by atoms with van der Waals surface area (Å²) in [5.74, 6) is -7.45. The lowest BCUT2D eigenvalue weighted by molar-refractivity contribution is -0.167. The number of carboxylic acid groups (broad SMARTS) is 1. The Kier molecular flexibility index (Phi) is 7.04. The summed E-state index contributed by atoms with van der Waals surface area (Å²) >= 11 is 5.21. The van der Waals surface area contributed by atoms with E-state index in [1.165, 1.54) is 5.32 Å². The molecule has 106 valence electrons. The van der Waals surface area contributed by atoms with E-state index in [2.05, 4.69) is 0 Å². The van der Waals surface area contributed by atoms with Crippen LogP contribution < -0.4 is 10.2 Å². The van der Waals surface area contributed by atoms with E-state index in [1.807, 2.05) is 4.84 Å². The molecular formula is C9H15ClF2N2O4. The van der Waals surface area contributed by atoms with Crippen LogP contribution in [0.3, 0.4) is 0 Å². The van der Waals surface area contributed by atoms with Gasteiger partial charge < -0.3 is 15.5 Å². The van der Waals surface area contributed by atoms with Crippen LogP contribution in [0.1, 0.15) is 19.8 Å². The summed E-state index contributed by atoms with van der Waals surface area (Å²) in [6, 6.07) is -1.18.